The molecule has 0 rings (SSSR count). The Balaban J connectivity index is 4.58. The minimum absolute atomic E-state index is 0.0797. The van der Waals surface area contributed by atoms with Crippen molar-refractivity contribution in [1.82, 2.24) is 7.79 Å². The molecule has 0 aliphatic carbocycles. The van der Waals surface area contributed by atoms with Gasteiger partial charge in [0.2, 0.25) is 0 Å². The molecule has 2 nitrogen and oxygen atoms in total. The van der Waals surface area contributed by atoms with E-state index in [1.54, 1.807) is 0 Å². The molecular weight excluding hydrogens is 930 g/mol. The van der Waals surface area contributed by atoms with Gasteiger partial charge in [0, 0.05) is 0 Å². The van der Waals surface area contributed by atoms with Crippen molar-refractivity contribution in [2.24, 2.45) is 0 Å². The van der Waals surface area contributed by atoms with E-state index in [0.29, 0.717) is 0 Å². The predicted molar refractivity (Wildman–Crippen MR) is 128 cm³/mol. The number of rotatable bonds is 4. The number of halogens is 6. The number of hydrogen-bond donors (Lipinski definition) is 0. The van der Waals surface area contributed by atoms with E-state index < -0.39 is 1.45 Å². The van der Waals surface area contributed by atoms with Crippen LogP contribution in [0.2, 0.25) is 0 Å². The van der Waals surface area contributed by atoms with E-state index in [-0.39, 0.29) is 9.84 Å². The lowest BCUT2D eigenvalue weighted by molar-refractivity contribution is 0.989. The highest BCUT2D eigenvalue weighted by Gasteiger charge is 2.44. The van der Waals surface area contributed by atoms with Gasteiger partial charge in [0.1, 0.15) is 9.84 Å². The highest BCUT2D eigenvalue weighted by Crippen LogP contribution is 2.44. The molecule has 0 aliphatic heterocycles. The Hall–Kier alpha value is 5.38. The van der Waals surface area contributed by atoms with Gasteiger partial charge in [0.15, 0.2) is 0 Å². The fraction of sp³-hybridized carbons (Fsp3) is 0. The first-order chi connectivity index (χ1) is 5.55. The van der Waals surface area contributed by atoms with Crippen LogP contribution in [0.4, 0.5) is 0 Å². The third-order valence-corrected chi connectivity index (χ3v) is 40.8. The molecule has 0 saturated carbocycles. The first-order valence-electron chi connectivity index (χ1n) is 3.11. The lowest BCUT2D eigenvalue weighted by atomic mass is 13.7. The molecule has 0 aromatic carbocycles. The van der Waals surface area contributed by atoms with Crippen molar-refractivity contribution in [3.63, 3.8) is 0 Å². The minimum Gasteiger partial charge on any atom is -0.376 e. The summed E-state index contributed by atoms with van der Waals surface area (Å²) >= 11 is 16.2. The van der Waals surface area contributed by atoms with Gasteiger partial charge in [-0.2, -0.15) is 0 Å². The van der Waals surface area contributed by atoms with Gasteiger partial charge in [-0.3, -0.25) is 0 Å². The quantitative estimate of drug-likeness (QED) is 0.233. The Labute approximate surface area is 166 Å². The molecule has 0 spiro atoms. The molecule has 0 unspecified atom stereocenters. The van der Waals surface area contributed by atoms with E-state index in [1.165, 1.54) is 20.8 Å². The zero-order valence-electron chi connectivity index (χ0n) is 6.87. The molecule has 13 heavy (non-hydrogen) atoms. The van der Waals surface area contributed by atoms with Crippen LogP contribution in [0, 0.1) is 0 Å². The number of hydrogen-bond acceptors (Lipinski definition) is 2. The lowest BCUT2D eigenvalue weighted by Crippen LogP contribution is -2.56. The minimum atomic E-state index is -1.14. The van der Waals surface area contributed by atoms with E-state index >= 15 is 0 Å². The van der Waals surface area contributed by atoms with Crippen LogP contribution >= 0.6 is 131 Å². The van der Waals surface area contributed by atoms with Crippen molar-refractivity contribution in [2.45, 2.75) is 0 Å². The zero-order valence-corrected chi connectivity index (χ0v) is 27.2. The third kappa shape index (κ3) is 9.00. The maximum Gasteiger partial charge on any atom is 0.318 e. The Morgan fingerprint density at radius 3 is 1.23 bits per heavy atom. The van der Waals surface area contributed by atoms with Gasteiger partial charge in [-0.05, 0) is 0 Å². The Morgan fingerprint density at radius 2 is 1.15 bits per heavy atom. The predicted octanol–water partition coefficient (Wildman–Crippen LogP) is 0.631. The normalized spacial score (nSPS) is 15.7. The average molecular weight is 938 g/mol. The molecule has 0 aromatic heterocycles. The molecule has 0 fully saturated rings. The van der Waals surface area contributed by atoms with Gasteiger partial charge in [-0.1, -0.05) is 131 Å². The van der Waals surface area contributed by atoms with E-state index in [4.69, 9.17) is 0 Å². The molecule has 0 bridgehead atoms. The highest BCUT2D eigenvalue weighted by molar-refractivity contribution is 14.4. The molecule has 0 amide bonds. The summed E-state index contributed by atoms with van der Waals surface area (Å²) in [6.45, 7) is 0. The maximum absolute atomic E-state index is 2.91. The average Bonchev–Trinajstić information content (AvgIpc) is 1.77. The van der Waals surface area contributed by atoms with Crippen LogP contribution in [0.5, 0.6) is 0 Å². The van der Waals surface area contributed by atoms with Crippen LogP contribution in [-0.2, 0) is 0 Å². The molecule has 0 heterocycles. The topological polar surface area (TPSA) is 6.48 Å². The molecule has 0 aliphatic rings. The third-order valence-electron chi connectivity index (χ3n) is 1.04. The van der Waals surface area contributed by atoms with Crippen LogP contribution in [-0.4, -0.2) is 39.9 Å². The van der Waals surface area contributed by atoms with Gasteiger partial charge in [0.05, 0.1) is 20.8 Å². The highest BCUT2D eigenvalue weighted by atomic mass is 127. The van der Waals surface area contributed by atoms with Gasteiger partial charge in [-0.15, -0.1) is 0 Å². The summed E-state index contributed by atoms with van der Waals surface area (Å²) < 4.78 is 3.31. The van der Waals surface area contributed by atoms with E-state index in [0.717, 1.165) is 0 Å². The van der Waals surface area contributed by atoms with Crippen LogP contribution in [0.3, 0.4) is 0 Å². The largest absolute Gasteiger partial charge is 0.376 e. The molecule has 0 radical (unpaired) electrons. The summed E-state index contributed by atoms with van der Waals surface area (Å²) in [4.78, 5) is 0. The summed E-state index contributed by atoms with van der Waals surface area (Å²) in [5.41, 5.74) is 0. The molecule has 0 saturated heterocycles. The Kier molecular flexibility index (Phi) is 11.1. The Morgan fingerprint density at radius 1 is 0.846 bits per heavy atom. The van der Waals surface area contributed by atoms with Crippen molar-refractivity contribution in [1.29, 1.82) is 0 Å². The second-order valence-corrected chi connectivity index (χ2v) is 82.1. The monoisotopic (exact) mass is 937 g/mol. The standard InChI is InChI=1S/H8I6N2Si5/c1-12(2,3)8(11-7(9)10)13(4,5)6/h11H2,9-10H3. The lowest BCUT2D eigenvalue weighted by Gasteiger charge is -2.37. The van der Waals surface area contributed by atoms with Crippen LogP contribution in [0.25, 0.3) is 0 Å². The van der Waals surface area contributed by atoms with Gasteiger partial charge in [-0.25, -0.2) is 0 Å². The van der Waals surface area contributed by atoms with Crippen molar-refractivity contribution in [3.8, 4) is 0 Å². The molecule has 0 N–H and O–H groups in total. The van der Waals surface area contributed by atoms with E-state index in [1.807, 2.05) is 0 Å². The van der Waals surface area contributed by atoms with Crippen LogP contribution in [0.15, 0.2) is 0 Å². The summed E-state index contributed by atoms with van der Waals surface area (Å²) in [5.74, 6) is 0. The fourth-order valence-corrected chi connectivity index (χ4v) is 75.5. The maximum atomic E-state index is 2.91. The van der Waals surface area contributed by atoms with Crippen LogP contribution < -0.4 is 0 Å². The van der Waals surface area contributed by atoms with Crippen molar-refractivity contribution in [2.75, 3.05) is 0 Å². The fourth-order valence-electron chi connectivity index (χ4n) is 0.587. The van der Waals surface area contributed by atoms with Gasteiger partial charge < -0.3 is 7.79 Å². The molecular formula is H8I6N2Si5. The SMILES string of the molecule is [SiH3]N([SiH3])[SiH2]N([Si](I)(I)I)[Si](I)(I)I. The van der Waals surface area contributed by atoms with Crippen molar-refractivity contribution in [3.05, 3.63) is 0 Å². The summed E-state index contributed by atoms with van der Waals surface area (Å²) in [6, 6.07) is 0. The van der Waals surface area contributed by atoms with E-state index in [9.17, 15) is 0 Å². The second-order valence-electron chi connectivity index (χ2n) is 2.58. The van der Waals surface area contributed by atoms with Gasteiger partial charge >= 0.3 is 1.45 Å². The van der Waals surface area contributed by atoms with Crippen LogP contribution in [0.1, 0.15) is 0 Å². The summed E-state index contributed by atoms with van der Waals surface area (Å²) in [5, 5.41) is 0. The number of nitrogens with zero attached hydrogens (tertiary/aromatic N) is 2. The van der Waals surface area contributed by atoms with Crippen molar-refractivity contribution < 1.29 is 0 Å². The first-order valence-corrected chi connectivity index (χ1v) is 28.7. The summed E-state index contributed by atoms with van der Waals surface area (Å²) in [6.07, 6.45) is 0. The smallest absolute Gasteiger partial charge is 0.318 e. The zero-order chi connectivity index (χ0) is 10.9. The Bertz CT molecular complexity index is 145. The molecule has 0 atom stereocenters. The van der Waals surface area contributed by atoms with E-state index in [2.05, 4.69) is 139 Å². The first kappa shape index (κ1) is 18.4. The van der Waals surface area contributed by atoms with Gasteiger partial charge in [0.25, 0.3) is 0 Å². The molecule has 13 heteroatoms. The van der Waals surface area contributed by atoms with Crippen molar-refractivity contribution >= 4 is 163 Å². The molecule has 80 valence electrons. The second kappa shape index (κ2) is 7.85. The molecule has 0 aromatic rings. The summed E-state index contributed by atoms with van der Waals surface area (Å²) in [7, 11) is 2.47.